The second-order valence-electron chi connectivity index (χ2n) is 6.31. The molecule has 0 atom stereocenters. The molecule has 142 valence electrons. The van der Waals surface area contributed by atoms with Crippen LogP contribution in [0.15, 0.2) is 52.9 Å². The summed E-state index contributed by atoms with van der Waals surface area (Å²) in [5.74, 6) is 1.02. The average Bonchev–Trinajstić information content (AvgIpc) is 3.08. The molecule has 0 amide bonds. The van der Waals surface area contributed by atoms with Gasteiger partial charge in [0, 0.05) is 18.4 Å². The molecule has 28 heavy (non-hydrogen) atoms. The Balaban J connectivity index is 1.61. The fourth-order valence-corrected chi connectivity index (χ4v) is 2.84. The molecule has 6 nitrogen and oxygen atoms in total. The Bertz CT molecular complexity index is 1000. The summed E-state index contributed by atoms with van der Waals surface area (Å²) in [6, 6.07) is 16.9. The molecule has 0 saturated carbocycles. The predicted octanol–water partition coefficient (Wildman–Crippen LogP) is 4.16. The minimum absolute atomic E-state index is 0.00985. The summed E-state index contributed by atoms with van der Waals surface area (Å²) >= 11 is 0. The lowest BCUT2D eigenvalue weighted by atomic mass is 10.0. The molecule has 0 saturated heterocycles. The number of ether oxygens (including phenoxy) is 1. The zero-order valence-electron chi connectivity index (χ0n) is 15.5. The van der Waals surface area contributed by atoms with Gasteiger partial charge in [-0.15, -0.1) is 0 Å². The zero-order chi connectivity index (χ0) is 19.9. The number of aromatic nitrogens is 1. The number of benzene rings is 2. The molecule has 0 bridgehead atoms. The van der Waals surface area contributed by atoms with Crippen LogP contribution in [0.3, 0.4) is 0 Å². The van der Waals surface area contributed by atoms with E-state index in [0.717, 1.165) is 17.0 Å². The van der Waals surface area contributed by atoms with Crippen LogP contribution in [0.2, 0.25) is 0 Å². The Kier molecular flexibility index (Phi) is 6.07. The molecule has 0 radical (unpaired) electrons. The normalized spacial score (nSPS) is 10.4. The van der Waals surface area contributed by atoms with E-state index in [9.17, 15) is 10.1 Å². The highest BCUT2D eigenvalue weighted by Gasteiger charge is 2.12. The number of nitriles is 1. The van der Waals surface area contributed by atoms with Crippen molar-refractivity contribution in [2.75, 3.05) is 6.61 Å². The SMILES string of the molecule is Cc1oc(-c2ccccc2)nc1CCOc1ccc(CCC(=O)O)c(C#N)c1. The molecule has 0 spiro atoms. The maximum atomic E-state index is 10.7. The average molecular weight is 376 g/mol. The quantitative estimate of drug-likeness (QED) is 0.634. The Hall–Kier alpha value is -3.59. The standard InChI is InChI=1S/C22H20N2O4/c1-15-20(24-22(28-15)17-5-3-2-4-6-17)11-12-27-19-9-7-16(8-10-21(25)26)18(13-19)14-23/h2-7,9,13H,8,10-12H2,1H3,(H,25,26). The van der Waals surface area contributed by atoms with Gasteiger partial charge in [-0.3, -0.25) is 4.79 Å². The minimum atomic E-state index is -0.887. The number of hydrogen-bond donors (Lipinski definition) is 1. The largest absolute Gasteiger partial charge is 0.493 e. The summed E-state index contributed by atoms with van der Waals surface area (Å²) in [5, 5.41) is 18.1. The number of carbonyl (C=O) groups is 1. The summed E-state index contributed by atoms with van der Waals surface area (Å²) in [6.07, 6.45) is 0.883. The first-order chi connectivity index (χ1) is 13.6. The highest BCUT2D eigenvalue weighted by Crippen LogP contribution is 2.22. The van der Waals surface area contributed by atoms with Gasteiger partial charge in [-0.2, -0.15) is 5.26 Å². The number of hydrogen-bond acceptors (Lipinski definition) is 5. The van der Waals surface area contributed by atoms with Crippen LogP contribution < -0.4 is 4.74 Å². The van der Waals surface area contributed by atoms with Gasteiger partial charge < -0.3 is 14.3 Å². The molecule has 3 rings (SSSR count). The van der Waals surface area contributed by atoms with E-state index in [1.54, 1.807) is 18.2 Å². The van der Waals surface area contributed by atoms with E-state index < -0.39 is 5.97 Å². The first kappa shape index (κ1) is 19.2. The second-order valence-corrected chi connectivity index (χ2v) is 6.31. The molecule has 3 aromatic rings. The van der Waals surface area contributed by atoms with Gasteiger partial charge >= 0.3 is 5.97 Å². The Morgan fingerprint density at radius 2 is 2.00 bits per heavy atom. The Labute approximate surface area is 163 Å². The molecule has 0 unspecified atom stereocenters. The van der Waals surface area contributed by atoms with Gasteiger partial charge in [0.25, 0.3) is 0 Å². The molecule has 0 aliphatic rings. The number of carboxylic acids is 1. The number of carboxylic acid groups (broad SMARTS) is 1. The van der Waals surface area contributed by atoms with E-state index in [1.165, 1.54) is 0 Å². The lowest BCUT2D eigenvalue weighted by molar-refractivity contribution is -0.136. The summed E-state index contributed by atoms with van der Waals surface area (Å²) in [6.45, 7) is 2.26. The third-order valence-corrected chi connectivity index (χ3v) is 4.33. The van der Waals surface area contributed by atoms with Gasteiger partial charge in [-0.25, -0.2) is 4.98 Å². The smallest absolute Gasteiger partial charge is 0.303 e. The lowest BCUT2D eigenvalue weighted by Crippen LogP contribution is -2.04. The van der Waals surface area contributed by atoms with Crippen molar-refractivity contribution in [1.29, 1.82) is 5.26 Å². The van der Waals surface area contributed by atoms with Crippen LogP contribution in [0.1, 0.15) is 29.0 Å². The fourth-order valence-electron chi connectivity index (χ4n) is 2.84. The molecular weight excluding hydrogens is 356 g/mol. The van der Waals surface area contributed by atoms with Crippen molar-refractivity contribution in [1.82, 2.24) is 4.98 Å². The van der Waals surface area contributed by atoms with E-state index in [0.29, 0.717) is 42.2 Å². The lowest BCUT2D eigenvalue weighted by Gasteiger charge is -2.08. The molecule has 1 heterocycles. The zero-order valence-corrected chi connectivity index (χ0v) is 15.5. The second kappa shape index (κ2) is 8.87. The van der Waals surface area contributed by atoms with Crippen molar-refractivity contribution in [2.24, 2.45) is 0 Å². The Morgan fingerprint density at radius 3 is 2.71 bits per heavy atom. The van der Waals surface area contributed by atoms with Crippen molar-refractivity contribution >= 4 is 5.97 Å². The van der Waals surface area contributed by atoms with Crippen LogP contribution >= 0.6 is 0 Å². The van der Waals surface area contributed by atoms with Crippen LogP contribution in [0, 0.1) is 18.3 Å². The van der Waals surface area contributed by atoms with Crippen LogP contribution in [0.5, 0.6) is 5.75 Å². The summed E-state index contributed by atoms with van der Waals surface area (Å²) in [4.78, 5) is 15.3. The molecule has 1 aromatic heterocycles. The predicted molar refractivity (Wildman–Crippen MR) is 103 cm³/mol. The number of oxazole rings is 1. The minimum Gasteiger partial charge on any atom is -0.493 e. The van der Waals surface area contributed by atoms with E-state index in [-0.39, 0.29) is 6.42 Å². The van der Waals surface area contributed by atoms with E-state index in [1.807, 2.05) is 37.3 Å². The summed E-state index contributed by atoms with van der Waals surface area (Å²) in [7, 11) is 0. The van der Waals surface area contributed by atoms with Gasteiger partial charge in [-0.1, -0.05) is 24.3 Å². The maximum absolute atomic E-state index is 10.7. The van der Waals surface area contributed by atoms with E-state index in [2.05, 4.69) is 11.1 Å². The molecule has 2 aromatic carbocycles. The van der Waals surface area contributed by atoms with Crippen molar-refractivity contribution < 1.29 is 19.1 Å². The van der Waals surface area contributed by atoms with Gasteiger partial charge in [-0.05, 0) is 43.2 Å². The summed E-state index contributed by atoms with van der Waals surface area (Å²) < 4.78 is 11.5. The first-order valence-corrected chi connectivity index (χ1v) is 8.96. The number of rotatable bonds is 8. The molecule has 0 aliphatic carbocycles. The van der Waals surface area contributed by atoms with Crippen LogP contribution in [-0.2, 0) is 17.6 Å². The van der Waals surface area contributed by atoms with Gasteiger partial charge in [0.1, 0.15) is 11.5 Å². The number of aryl methyl sites for hydroxylation is 2. The third kappa shape index (κ3) is 4.77. The van der Waals surface area contributed by atoms with Crippen LogP contribution in [0.4, 0.5) is 0 Å². The maximum Gasteiger partial charge on any atom is 0.303 e. The van der Waals surface area contributed by atoms with Gasteiger partial charge in [0.05, 0.1) is 23.9 Å². The topological polar surface area (TPSA) is 96.3 Å². The van der Waals surface area contributed by atoms with Crippen molar-refractivity contribution in [3.05, 3.63) is 71.1 Å². The van der Waals surface area contributed by atoms with Crippen molar-refractivity contribution in [3.8, 4) is 23.3 Å². The van der Waals surface area contributed by atoms with Crippen molar-refractivity contribution in [2.45, 2.75) is 26.2 Å². The summed E-state index contributed by atoms with van der Waals surface area (Å²) in [5.41, 5.74) is 2.89. The monoisotopic (exact) mass is 376 g/mol. The number of nitrogens with zero attached hydrogens (tertiary/aromatic N) is 2. The molecule has 0 aliphatic heterocycles. The first-order valence-electron chi connectivity index (χ1n) is 8.96. The molecule has 1 N–H and O–H groups in total. The molecular formula is C22H20N2O4. The van der Waals surface area contributed by atoms with Gasteiger partial charge in [0.15, 0.2) is 0 Å². The van der Waals surface area contributed by atoms with E-state index >= 15 is 0 Å². The van der Waals surface area contributed by atoms with Crippen LogP contribution in [0.25, 0.3) is 11.5 Å². The highest BCUT2D eigenvalue weighted by atomic mass is 16.5. The molecule has 0 fully saturated rings. The molecule has 6 heteroatoms. The van der Waals surface area contributed by atoms with Gasteiger partial charge in [0.2, 0.25) is 5.89 Å². The third-order valence-electron chi connectivity index (χ3n) is 4.33. The fraction of sp³-hybridized carbons (Fsp3) is 0.227. The van der Waals surface area contributed by atoms with Crippen molar-refractivity contribution in [3.63, 3.8) is 0 Å². The van der Waals surface area contributed by atoms with E-state index in [4.69, 9.17) is 14.3 Å². The van der Waals surface area contributed by atoms with Crippen LogP contribution in [-0.4, -0.2) is 22.7 Å². The highest BCUT2D eigenvalue weighted by molar-refractivity contribution is 5.67. The number of aliphatic carboxylic acids is 1. The Morgan fingerprint density at radius 1 is 1.21 bits per heavy atom.